The second-order valence-electron chi connectivity index (χ2n) is 4.71. The van der Waals surface area contributed by atoms with Gasteiger partial charge in [-0.25, -0.2) is 13.1 Å². The Morgan fingerprint density at radius 1 is 1.22 bits per heavy atom. The van der Waals surface area contributed by atoms with Crippen LogP contribution >= 0.6 is 31.9 Å². The minimum atomic E-state index is -3.43. The maximum absolute atomic E-state index is 12.3. The summed E-state index contributed by atoms with van der Waals surface area (Å²) in [5.74, 6) is 0.933. The van der Waals surface area contributed by atoms with E-state index in [1.807, 2.05) is 0 Å². The Hall–Kier alpha value is 0.0500. The fourth-order valence-electron chi connectivity index (χ4n) is 2.53. The van der Waals surface area contributed by atoms with E-state index in [0.717, 1.165) is 17.6 Å². The van der Waals surface area contributed by atoms with Crippen molar-refractivity contribution in [3.63, 3.8) is 0 Å². The molecule has 3 rings (SSSR count). The monoisotopic (exact) mass is 394 g/mol. The fraction of sp³-hybridized carbons (Fsp3) is 0.455. The number of benzene rings is 1. The lowest BCUT2D eigenvalue weighted by Crippen LogP contribution is -2.32. The van der Waals surface area contributed by atoms with E-state index in [4.69, 9.17) is 0 Å². The number of hydrogen-bond acceptors (Lipinski definition) is 3. The molecule has 0 amide bonds. The Balaban J connectivity index is 1.82. The van der Waals surface area contributed by atoms with Crippen molar-refractivity contribution in [2.45, 2.75) is 10.9 Å². The van der Waals surface area contributed by atoms with E-state index in [0.29, 0.717) is 21.2 Å². The molecule has 1 heterocycles. The molecule has 1 saturated heterocycles. The average molecular weight is 396 g/mol. The Labute approximate surface area is 123 Å². The van der Waals surface area contributed by atoms with Crippen molar-refractivity contribution < 1.29 is 8.42 Å². The molecule has 0 spiro atoms. The van der Waals surface area contributed by atoms with E-state index in [1.54, 1.807) is 18.2 Å². The van der Waals surface area contributed by atoms with Gasteiger partial charge in [0.05, 0.1) is 4.90 Å². The molecule has 1 aliphatic heterocycles. The van der Waals surface area contributed by atoms with Crippen LogP contribution in [0, 0.1) is 11.8 Å². The normalized spacial score (nSPS) is 30.2. The first-order valence-corrected chi connectivity index (χ1v) is 8.74. The van der Waals surface area contributed by atoms with Gasteiger partial charge >= 0.3 is 0 Å². The highest BCUT2D eigenvalue weighted by Gasteiger charge is 2.54. The van der Waals surface area contributed by atoms with Crippen LogP contribution in [-0.2, 0) is 10.0 Å². The molecule has 2 aliphatic rings. The van der Waals surface area contributed by atoms with Crippen molar-refractivity contribution in [3.05, 3.63) is 27.1 Å². The molecule has 18 heavy (non-hydrogen) atoms. The predicted octanol–water partition coefficient (Wildman–Crippen LogP) is 1.71. The summed E-state index contributed by atoms with van der Waals surface area (Å²) in [5.41, 5.74) is 0. The summed E-state index contributed by atoms with van der Waals surface area (Å²) in [4.78, 5) is 0.295. The van der Waals surface area contributed by atoms with E-state index in [9.17, 15) is 8.42 Å². The fourth-order valence-corrected chi connectivity index (χ4v) is 5.61. The Morgan fingerprint density at radius 2 is 1.89 bits per heavy atom. The van der Waals surface area contributed by atoms with Crippen molar-refractivity contribution in [1.29, 1.82) is 0 Å². The smallest absolute Gasteiger partial charge is 0.241 e. The summed E-state index contributed by atoms with van der Waals surface area (Å²) in [5, 5.41) is 3.25. The maximum atomic E-state index is 12.3. The van der Waals surface area contributed by atoms with Gasteiger partial charge in [-0.05, 0) is 59.1 Å². The molecule has 4 nitrogen and oxygen atoms in total. The lowest BCUT2D eigenvalue weighted by molar-refractivity contribution is 0.565. The number of halogens is 2. The number of rotatable bonds is 3. The summed E-state index contributed by atoms with van der Waals surface area (Å²) in [6, 6.07) is 5.18. The van der Waals surface area contributed by atoms with E-state index in [1.165, 1.54) is 0 Å². The lowest BCUT2D eigenvalue weighted by Gasteiger charge is -2.10. The van der Waals surface area contributed by atoms with E-state index >= 15 is 0 Å². The average Bonchev–Trinajstić information content (AvgIpc) is 2.74. The van der Waals surface area contributed by atoms with Gasteiger partial charge in [0.2, 0.25) is 10.0 Å². The molecule has 2 atom stereocenters. The van der Waals surface area contributed by atoms with Gasteiger partial charge in [-0.1, -0.05) is 15.9 Å². The van der Waals surface area contributed by atoms with Crippen molar-refractivity contribution >= 4 is 41.9 Å². The Bertz CT molecular complexity index is 581. The summed E-state index contributed by atoms with van der Waals surface area (Å²) in [6.07, 6.45) is 0. The third-order valence-corrected chi connectivity index (χ3v) is 6.50. The van der Waals surface area contributed by atoms with Gasteiger partial charge in [0.25, 0.3) is 0 Å². The largest absolute Gasteiger partial charge is 0.316 e. The molecule has 98 valence electrons. The Morgan fingerprint density at radius 3 is 2.50 bits per heavy atom. The second-order valence-corrected chi connectivity index (χ2v) is 8.16. The zero-order valence-corrected chi connectivity index (χ0v) is 13.3. The van der Waals surface area contributed by atoms with Crippen molar-refractivity contribution in [3.8, 4) is 0 Å². The van der Waals surface area contributed by atoms with Gasteiger partial charge in [-0.2, -0.15) is 0 Å². The van der Waals surface area contributed by atoms with Crippen LogP contribution in [0.1, 0.15) is 0 Å². The van der Waals surface area contributed by atoms with Gasteiger partial charge in [0, 0.05) is 15.0 Å². The van der Waals surface area contributed by atoms with Gasteiger partial charge < -0.3 is 5.32 Å². The molecule has 2 fully saturated rings. The molecule has 0 radical (unpaired) electrons. The van der Waals surface area contributed by atoms with Crippen LogP contribution in [0.15, 0.2) is 32.0 Å². The Kier molecular flexibility index (Phi) is 3.30. The quantitative estimate of drug-likeness (QED) is 0.818. The topological polar surface area (TPSA) is 58.2 Å². The van der Waals surface area contributed by atoms with Gasteiger partial charge in [0.15, 0.2) is 0 Å². The first-order chi connectivity index (χ1) is 8.49. The van der Waals surface area contributed by atoms with Crippen LogP contribution in [-0.4, -0.2) is 27.5 Å². The number of piperidine rings is 1. The lowest BCUT2D eigenvalue weighted by atomic mass is 10.4. The third kappa shape index (κ3) is 2.27. The number of hydrogen-bond donors (Lipinski definition) is 2. The molecule has 2 unspecified atom stereocenters. The zero-order chi connectivity index (χ0) is 12.9. The predicted molar refractivity (Wildman–Crippen MR) is 75.8 cm³/mol. The summed E-state index contributed by atoms with van der Waals surface area (Å²) in [6.45, 7) is 1.83. The highest BCUT2D eigenvalue weighted by molar-refractivity contribution is 9.11. The molecular formula is C11H12Br2N2O2S. The molecule has 0 aromatic heterocycles. The summed E-state index contributed by atoms with van der Waals surface area (Å²) in [7, 11) is -3.43. The standard InChI is InChI=1S/C11H12Br2N2O2S/c12-6-1-2-10(9(13)3-6)18(16,17)15-11-7-4-14-5-8(7)11/h1-3,7-8,11,14-15H,4-5H2. The second kappa shape index (κ2) is 4.56. The molecule has 2 N–H and O–H groups in total. The number of sulfonamides is 1. The van der Waals surface area contributed by atoms with Crippen LogP contribution in [0.4, 0.5) is 0 Å². The SMILES string of the molecule is O=S(=O)(NC1C2CNCC21)c1ccc(Br)cc1Br. The van der Waals surface area contributed by atoms with Crippen LogP contribution in [0.5, 0.6) is 0 Å². The molecule has 1 aromatic rings. The van der Waals surface area contributed by atoms with E-state index in [2.05, 4.69) is 41.9 Å². The molecule has 1 aliphatic carbocycles. The van der Waals surface area contributed by atoms with E-state index in [-0.39, 0.29) is 6.04 Å². The minimum absolute atomic E-state index is 0.104. The minimum Gasteiger partial charge on any atom is -0.316 e. The van der Waals surface area contributed by atoms with Crippen LogP contribution in [0.25, 0.3) is 0 Å². The highest BCUT2D eigenvalue weighted by atomic mass is 79.9. The van der Waals surface area contributed by atoms with Gasteiger partial charge in [-0.3, -0.25) is 0 Å². The zero-order valence-electron chi connectivity index (χ0n) is 9.36. The molecule has 1 saturated carbocycles. The van der Waals surface area contributed by atoms with Gasteiger partial charge in [-0.15, -0.1) is 0 Å². The molecule has 1 aromatic carbocycles. The third-order valence-electron chi connectivity index (χ3n) is 3.57. The van der Waals surface area contributed by atoms with Crippen LogP contribution in [0.3, 0.4) is 0 Å². The first-order valence-electron chi connectivity index (χ1n) is 5.67. The summed E-state index contributed by atoms with van der Waals surface area (Å²) >= 11 is 6.61. The number of fused-ring (bicyclic) bond motifs is 1. The highest BCUT2D eigenvalue weighted by Crippen LogP contribution is 2.42. The first kappa shape index (κ1) is 13.1. The number of nitrogens with one attached hydrogen (secondary N) is 2. The van der Waals surface area contributed by atoms with E-state index < -0.39 is 10.0 Å². The van der Waals surface area contributed by atoms with Crippen molar-refractivity contribution in [1.82, 2.24) is 10.0 Å². The van der Waals surface area contributed by atoms with Crippen molar-refractivity contribution in [2.24, 2.45) is 11.8 Å². The summed E-state index contributed by atoms with van der Waals surface area (Å²) < 4.78 is 28.8. The molecule has 7 heteroatoms. The van der Waals surface area contributed by atoms with Gasteiger partial charge in [0.1, 0.15) is 0 Å². The maximum Gasteiger partial charge on any atom is 0.241 e. The van der Waals surface area contributed by atoms with Crippen LogP contribution < -0.4 is 10.0 Å². The molecule has 0 bridgehead atoms. The van der Waals surface area contributed by atoms with Crippen molar-refractivity contribution in [2.75, 3.05) is 13.1 Å². The van der Waals surface area contributed by atoms with Crippen LogP contribution in [0.2, 0.25) is 0 Å². The molecular weight excluding hydrogens is 384 g/mol.